The Morgan fingerprint density at radius 3 is 2.42 bits per heavy atom. The average molecular weight is 386 g/mol. The summed E-state index contributed by atoms with van der Waals surface area (Å²) >= 11 is 7.38. The molecule has 5 heteroatoms. The van der Waals surface area contributed by atoms with Crippen LogP contribution in [0.1, 0.15) is 5.56 Å². The quantitative estimate of drug-likeness (QED) is 0.585. The molecule has 19 heavy (non-hydrogen) atoms. The minimum absolute atomic E-state index is 0.313. The first-order valence-corrected chi connectivity index (χ1v) is 7.13. The first kappa shape index (κ1) is 14.2. The molecule has 0 saturated heterocycles. The van der Waals surface area contributed by atoms with Crippen LogP contribution in [0.2, 0.25) is 0 Å². The summed E-state index contributed by atoms with van der Waals surface area (Å²) < 4.78 is 14.8. The normalized spacial score (nSPS) is 10.1. The van der Waals surface area contributed by atoms with Gasteiger partial charge < -0.3 is 10.6 Å². The van der Waals surface area contributed by atoms with Gasteiger partial charge in [-0.05, 0) is 83.7 Å². The molecule has 0 fully saturated rings. The van der Waals surface area contributed by atoms with Crippen LogP contribution >= 0.6 is 34.8 Å². The standard InChI is InChI=1S/C14H12FIN2S/c1-9-2-7-13(12(15)8-9)18-14(19)17-11-5-3-10(16)4-6-11/h2-8H,1H3,(H2,17,18,19). The van der Waals surface area contributed by atoms with Gasteiger partial charge in [-0.1, -0.05) is 6.07 Å². The predicted octanol–water partition coefficient (Wildman–Crippen LogP) is 4.55. The topological polar surface area (TPSA) is 24.1 Å². The third kappa shape index (κ3) is 4.14. The number of anilines is 2. The third-order valence-electron chi connectivity index (χ3n) is 2.47. The van der Waals surface area contributed by atoms with Gasteiger partial charge in [-0.2, -0.15) is 0 Å². The highest BCUT2D eigenvalue weighted by molar-refractivity contribution is 14.1. The number of hydrogen-bond acceptors (Lipinski definition) is 1. The second-order valence-corrected chi connectivity index (χ2v) is 5.72. The Balaban J connectivity index is 2.03. The molecule has 0 aliphatic rings. The highest BCUT2D eigenvalue weighted by Gasteiger charge is 2.04. The van der Waals surface area contributed by atoms with Gasteiger partial charge in [0, 0.05) is 9.26 Å². The Hall–Kier alpha value is -1.21. The van der Waals surface area contributed by atoms with Crippen LogP contribution in [-0.4, -0.2) is 5.11 Å². The van der Waals surface area contributed by atoms with E-state index in [9.17, 15) is 4.39 Å². The molecule has 0 heterocycles. The van der Waals surface area contributed by atoms with E-state index in [1.807, 2.05) is 37.3 Å². The number of halogens is 2. The fourth-order valence-corrected chi connectivity index (χ4v) is 2.13. The van der Waals surface area contributed by atoms with Gasteiger partial charge in [0.1, 0.15) is 5.82 Å². The van der Waals surface area contributed by atoms with Gasteiger partial charge in [-0.15, -0.1) is 0 Å². The van der Waals surface area contributed by atoms with Crippen molar-refractivity contribution in [1.29, 1.82) is 0 Å². The molecule has 0 spiro atoms. The Morgan fingerprint density at radius 2 is 1.79 bits per heavy atom. The molecule has 98 valence electrons. The van der Waals surface area contributed by atoms with E-state index in [1.165, 1.54) is 6.07 Å². The van der Waals surface area contributed by atoms with E-state index in [0.29, 0.717) is 10.8 Å². The first-order valence-electron chi connectivity index (χ1n) is 5.64. The zero-order valence-corrected chi connectivity index (χ0v) is 13.2. The lowest BCUT2D eigenvalue weighted by Crippen LogP contribution is -2.19. The maximum Gasteiger partial charge on any atom is 0.175 e. The molecule has 2 nitrogen and oxygen atoms in total. The minimum Gasteiger partial charge on any atom is -0.332 e. The SMILES string of the molecule is Cc1ccc(NC(=S)Nc2ccc(I)cc2)c(F)c1. The molecule has 0 unspecified atom stereocenters. The van der Waals surface area contributed by atoms with E-state index < -0.39 is 0 Å². The molecule has 0 atom stereocenters. The lowest BCUT2D eigenvalue weighted by molar-refractivity contribution is 0.631. The fraction of sp³-hybridized carbons (Fsp3) is 0.0714. The van der Waals surface area contributed by atoms with E-state index in [4.69, 9.17) is 12.2 Å². The Labute approximate surface area is 130 Å². The van der Waals surface area contributed by atoms with Crippen molar-refractivity contribution in [3.05, 3.63) is 57.4 Å². The largest absolute Gasteiger partial charge is 0.332 e. The summed E-state index contributed by atoms with van der Waals surface area (Å²) in [7, 11) is 0. The summed E-state index contributed by atoms with van der Waals surface area (Å²) in [5.41, 5.74) is 2.11. The first-order chi connectivity index (χ1) is 9.04. The highest BCUT2D eigenvalue weighted by Crippen LogP contribution is 2.16. The van der Waals surface area contributed by atoms with Crippen LogP contribution in [0.4, 0.5) is 15.8 Å². The average Bonchev–Trinajstić information content (AvgIpc) is 2.36. The maximum atomic E-state index is 13.7. The Kier molecular flexibility index (Phi) is 4.71. The number of hydrogen-bond donors (Lipinski definition) is 2. The van der Waals surface area contributed by atoms with Gasteiger partial charge in [0.25, 0.3) is 0 Å². The molecule has 0 bridgehead atoms. The zero-order valence-electron chi connectivity index (χ0n) is 10.2. The highest BCUT2D eigenvalue weighted by atomic mass is 127. The summed E-state index contributed by atoms with van der Waals surface area (Å²) in [6, 6.07) is 12.7. The zero-order chi connectivity index (χ0) is 13.8. The lowest BCUT2D eigenvalue weighted by atomic mass is 10.2. The second kappa shape index (κ2) is 6.29. The van der Waals surface area contributed by atoms with Gasteiger partial charge >= 0.3 is 0 Å². The maximum absolute atomic E-state index is 13.7. The smallest absolute Gasteiger partial charge is 0.175 e. The number of benzene rings is 2. The Bertz CT molecular complexity index is 599. The van der Waals surface area contributed by atoms with Crippen molar-refractivity contribution in [2.24, 2.45) is 0 Å². The molecular weight excluding hydrogens is 374 g/mol. The van der Waals surface area contributed by atoms with Crippen molar-refractivity contribution < 1.29 is 4.39 Å². The van der Waals surface area contributed by atoms with Crippen LogP contribution in [0.25, 0.3) is 0 Å². The van der Waals surface area contributed by atoms with Crippen LogP contribution in [0.5, 0.6) is 0 Å². The molecule has 0 aliphatic heterocycles. The molecule has 0 amide bonds. The molecule has 2 rings (SSSR count). The third-order valence-corrected chi connectivity index (χ3v) is 3.40. The van der Waals surface area contributed by atoms with Crippen molar-refractivity contribution in [3.8, 4) is 0 Å². The van der Waals surface area contributed by atoms with Crippen molar-refractivity contribution in [3.63, 3.8) is 0 Å². The molecule has 0 aliphatic carbocycles. The number of thiocarbonyl (C=S) groups is 1. The number of aryl methyl sites for hydroxylation is 1. The summed E-state index contributed by atoms with van der Waals surface area (Å²) in [5.74, 6) is -0.313. The summed E-state index contributed by atoms with van der Waals surface area (Å²) in [4.78, 5) is 0. The second-order valence-electron chi connectivity index (χ2n) is 4.07. The van der Waals surface area contributed by atoms with Crippen LogP contribution in [0, 0.1) is 16.3 Å². The Morgan fingerprint density at radius 1 is 1.11 bits per heavy atom. The van der Waals surface area contributed by atoms with Crippen molar-refractivity contribution in [2.75, 3.05) is 10.6 Å². The van der Waals surface area contributed by atoms with Crippen LogP contribution in [-0.2, 0) is 0 Å². The van der Waals surface area contributed by atoms with Crippen molar-refractivity contribution >= 4 is 51.3 Å². The van der Waals surface area contributed by atoms with E-state index in [-0.39, 0.29) is 5.82 Å². The monoisotopic (exact) mass is 386 g/mol. The van der Waals surface area contributed by atoms with Crippen molar-refractivity contribution in [1.82, 2.24) is 0 Å². The molecule has 0 radical (unpaired) electrons. The molecule has 2 N–H and O–H groups in total. The molecule has 0 aromatic heterocycles. The summed E-state index contributed by atoms with van der Waals surface area (Å²) in [5, 5.41) is 6.22. The minimum atomic E-state index is -0.313. The van der Waals surface area contributed by atoms with Crippen LogP contribution < -0.4 is 10.6 Å². The van der Waals surface area contributed by atoms with E-state index in [0.717, 1.165) is 14.8 Å². The van der Waals surface area contributed by atoms with Gasteiger partial charge in [0.05, 0.1) is 5.69 Å². The molecule has 2 aromatic carbocycles. The van der Waals surface area contributed by atoms with Gasteiger partial charge in [-0.25, -0.2) is 4.39 Å². The van der Waals surface area contributed by atoms with Crippen LogP contribution in [0.3, 0.4) is 0 Å². The van der Waals surface area contributed by atoms with Crippen molar-refractivity contribution in [2.45, 2.75) is 6.92 Å². The van der Waals surface area contributed by atoms with Crippen LogP contribution in [0.15, 0.2) is 42.5 Å². The predicted molar refractivity (Wildman–Crippen MR) is 90.1 cm³/mol. The fourth-order valence-electron chi connectivity index (χ4n) is 1.54. The van der Waals surface area contributed by atoms with E-state index >= 15 is 0 Å². The molecular formula is C14H12FIN2S. The number of rotatable bonds is 2. The van der Waals surface area contributed by atoms with Gasteiger partial charge in [0.15, 0.2) is 5.11 Å². The lowest BCUT2D eigenvalue weighted by Gasteiger charge is -2.11. The van der Waals surface area contributed by atoms with E-state index in [2.05, 4.69) is 33.2 Å². The molecule has 0 saturated carbocycles. The van der Waals surface area contributed by atoms with Gasteiger partial charge in [-0.3, -0.25) is 0 Å². The van der Waals surface area contributed by atoms with Gasteiger partial charge in [0.2, 0.25) is 0 Å². The van der Waals surface area contributed by atoms with E-state index in [1.54, 1.807) is 6.07 Å². The molecule has 2 aromatic rings. The number of nitrogens with one attached hydrogen (secondary N) is 2. The summed E-state index contributed by atoms with van der Waals surface area (Å²) in [6.45, 7) is 1.84. The summed E-state index contributed by atoms with van der Waals surface area (Å²) in [6.07, 6.45) is 0.